The second-order valence-electron chi connectivity index (χ2n) is 5.66. The zero-order valence-electron chi connectivity index (χ0n) is 11.9. The van der Waals surface area contributed by atoms with E-state index in [1.54, 1.807) is 18.9 Å². The van der Waals surface area contributed by atoms with Crippen LogP contribution in [-0.4, -0.2) is 28.4 Å². The fraction of sp³-hybridized carbons (Fsp3) is 0.533. The summed E-state index contributed by atoms with van der Waals surface area (Å²) in [5.74, 6) is 1.61. The van der Waals surface area contributed by atoms with E-state index >= 15 is 0 Å². The Morgan fingerprint density at radius 1 is 1.40 bits per heavy atom. The van der Waals surface area contributed by atoms with E-state index < -0.39 is 0 Å². The van der Waals surface area contributed by atoms with Gasteiger partial charge in [-0.3, -0.25) is 0 Å². The zero-order valence-corrected chi connectivity index (χ0v) is 12.7. The highest BCUT2D eigenvalue weighted by molar-refractivity contribution is 7.99. The van der Waals surface area contributed by atoms with E-state index in [0.29, 0.717) is 5.25 Å². The van der Waals surface area contributed by atoms with Gasteiger partial charge in [-0.25, -0.2) is 4.98 Å². The summed E-state index contributed by atoms with van der Waals surface area (Å²) in [5.41, 5.74) is 8.24. The minimum absolute atomic E-state index is 0.277. The molecule has 20 heavy (non-hydrogen) atoms. The number of nitrogens with two attached hydrogens (primary N) is 1. The average molecular weight is 291 g/mol. The van der Waals surface area contributed by atoms with Crippen LogP contribution in [0.15, 0.2) is 23.4 Å². The van der Waals surface area contributed by atoms with Crippen molar-refractivity contribution in [2.45, 2.75) is 42.6 Å². The van der Waals surface area contributed by atoms with Crippen LogP contribution in [0.4, 0.5) is 0 Å². The molecule has 108 valence electrons. The maximum Gasteiger partial charge on any atom is 0.166 e. The number of rotatable bonds is 3. The molecule has 5 heteroatoms. The van der Waals surface area contributed by atoms with Crippen LogP contribution in [0.3, 0.4) is 0 Å². The maximum atomic E-state index is 6.25. The third-order valence-electron chi connectivity index (χ3n) is 4.04. The molecule has 0 spiro atoms. The molecule has 1 aliphatic carbocycles. The van der Waals surface area contributed by atoms with Gasteiger partial charge in [0.15, 0.2) is 5.16 Å². The number of hydrogen-bond acceptors (Lipinski definition) is 4. The van der Waals surface area contributed by atoms with Crippen molar-refractivity contribution in [2.75, 3.05) is 7.11 Å². The van der Waals surface area contributed by atoms with Gasteiger partial charge in [0.1, 0.15) is 5.75 Å². The van der Waals surface area contributed by atoms with Crippen molar-refractivity contribution in [2.24, 2.45) is 11.7 Å². The smallest absolute Gasteiger partial charge is 0.166 e. The van der Waals surface area contributed by atoms with Gasteiger partial charge < -0.3 is 15.5 Å². The molecular formula is C15H21N3OS. The number of nitrogens with zero attached hydrogens (tertiary/aromatic N) is 1. The van der Waals surface area contributed by atoms with E-state index in [1.165, 1.54) is 12.8 Å². The fourth-order valence-electron chi connectivity index (χ4n) is 2.78. The lowest BCUT2D eigenvalue weighted by Gasteiger charge is -2.31. The van der Waals surface area contributed by atoms with Gasteiger partial charge in [-0.15, -0.1) is 0 Å². The van der Waals surface area contributed by atoms with E-state index in [0.717, 1.165) is 34.3 Å². The highest BCUT2D eigenvalue weighted by atomic mass is 32.2. The maximum absolute atomic E-state index is 6.25. The first-order valence-electron chi connectivity index (χ1n) is 7.11. The average Bonchev–Trinajstić information content (AvgIpc) is 2.84. The molecule has 0 saturated heterocycles. The molecule has 0 amide bonds. The molecule has 1 saturated carbocycles. The number of benzene rings is 1. The first kappa shape index (κ1) is 13.8. The normalized spacial score (nSPS) is 26.9. The lowest BCUT2D eigenvalue weighted by atomic mass is 9.87. The van der Waals surface area contributed by atoms with Crippen LogP contribution in [0.25, 0.3) is 11.0 Å². The van der Waals surface area contributed by atoms with Gasteiger partial charge in [-0.2, -0.15) is 0 Å². The third kappa shape index (κ3) is 2.79. The van der Waals surface area contributed by atoms with E-state index in [4.69, 9.17) is 10.5 Å². The van der Waals surface area contributed by atoms with Crippen molar-refractivity contribution in [1.82, 2.24) is 9.97 Å². The zero-order chi connectivity index (χ0) is 14.1. The lowest BCUT2D eigenvalue weighted by molar-refractivity contribution is 0.357. The number of H-pyrrole nitrogens is 1. The third-order valence-corrected chi connectivity index (χ3v) is 5.30. The minimum Gasteiger partial charge on any atom is -0.497 e. The summed E-state index contributed by atoms with van der Waals surface area (Å²) in [6.07, 6.45) is 3.54. The molecule has 1 aromatic carbocycles. The number of imidazole rings is 1. The number of aromatic nitrogens is 2. The summed E-state index contributed by atoms with van der Waals surface area (Å²) < 4.78 is 5.24. The molecule has 1 aliphatic rings. The summed E-state index contributed by atoms with van der Waals surface area (Å²) in [6, 6.07) is 6.18. The van der Waals surface area contributed by atoms with Crippen LogP contribution in [0.1, 0.15) is 26.2 Å². The highest BCUT2D eigenvalue weighted by Gasteiger charge is 2.27. The Bertz CT molecular complexity index is 598. The second kappa shape index (κ2) is 5.66. The Kier molecular flexibility index (Phi) is 3.89. The van der Waals surface area contributed by atoms with Crippen LogP contribution in [0.2, 0.25) is 0 Å². The van der Waals surface area contributed by atoms with Gasteiger partial charge in [0.25, 0.3) is 0 Å². The summed E-state index contributed by atoms with van der Waals surface area (Å²) in [6.45, 7) is 2.31. The van der Waals surface area contributed by atoms with E-state index in [9.17, 15) is 0 Å². The largest absolute Gasteiger partial charge is 0.497 e. The standard InChI is InChI=1S/C15H21N3OS/c1-9-3-5-11(16)14(7-9)20-15-17-12-6-4-10(19-2)8-13(12)18-15/h4,6,8-9,11,14H,3,5,7,16H2,1-2H3,(H,17,18). The molecule has 3 rings (SSSR count). The Labute approximate surface area is 123 Å². The Hall–Kier alpha value is -1.20. The van der Waals surface area contributed by atoms with Crippen LogP contribution >= 0.6 is 11.8 Å². The molecule has 1 heterocycles. The molecule has 0 radical (unpaired) electrons. The number of ether oxygens (including phenoxy) is 1. The molecule has 3 unspecified atom stereocenters. The van der Waals surface area contributed by atoms with Crippen LogP contribution in [0, 0.1) is 5.92 Å². The van der Waals surface area contributed by atoms with Crippen molar-refractivity contribution < 1.29 is 4.74 Å². The molecule has 1 fully saturated rings. The van der Waals surface area contributed by atoms with E-state index in [1.807, 2.05) is 18.2 Å². The minimum atomic E-state index is 0.277. The molecule has 1 aromatic heterocycles. The van der Waals surface area contributed by atoms with Gasteiger partial charge in [0.2, 0.25) is 0 Å². The summed E-state index contributed by atoms with van der Waals surface area (Å²) >= 11 is 1.78. The van der Waals surface area contributed by atoms with Crippen molar-refractivity contribution >= 4 is 22.8 Å². The summed E-state index contributed by atoms with van der Waals surface area (Å²) in [4.78, 5) is 8.01. The molecule has 3 atom stereocenters. The number of fused-ring (bicyclic) bond motifs is 1. The van der Waals surface area contributed by atoms with Crippen molar-refractivity contribution in [1.29, 1.82) is 0 Å². The Morgan fingerprint density at radius 3 is 3.05 bits per heavy atom. The molecule has 0 bridgehead atoms. The van der Waals surface area contributed by atoms with E-state index in [-0.39, 0.29) is 6.04 Å². The molecule has 0 aliphatic heterocycles. The lowest BCUT2D eigenvalue weighted by Crippen LogP contribution is -2.37. The molecular weight excluding hydrogens is 270 g/mol. The highest BCUT2D eigenvalue weighted by Crippen LogP contribution is 2.35. The number of hydrogen-bond donors (Lipinski definition) is 2. The number of methoxy groups -OCH3 is 1. The Balaban J connectivity index is 1.80. The van der Waals surface area contributed by atoms with E-state index in [2.05, 4.69) is 16.9 Å². The molecule has 3 N–H and O–H groups in total. The topological polar surface area (TPSA) is 63.9 Å². The predicted molar refractivity (Wildman–Crippen MR) is 83.3 cm³/mol. The monoisotopic (exact) mass is 291 g/mol. The van der Waals surface area contributed by atoms with Gasteiger partial charge in [0.05, 0.1) is 18.1 Å². The van der Waals surface area contributed by atoms with Crippen molar-refractivity contribution in [3.63, 3.8) is 0 Å². The molecule has 4 nitrogen and oxygen atoms in total. The summed E-state index contributed by atoms with van der Waals surface area (Å²) in [5, 5.41) is 1.42. The number of aromatic amines is 1. The van der Waals surface area contributed by atoms with Crippen LogP contribution in [0.5, 0.6) is 5.75 Å². The molecule has 2 aromatic rings. The first-order chi connectivity index (χ1) is 9.65. The SMILES string of the molecule is COc1ccc2nc(SC3CC(C)CCC3N)[nH]c2c1. The van der Waals surface area contributed by atoms with Crippen molar-refractivity contribution in [3.05, 3.63) is 18.2 Å². The second-order valence-corrected chi connectivity index (χ2v) is 6.89. The predicted octanol–water partition coefficient (Wildman–Crippen LogP) is 3.18. The summed E-state index contributed by atoms with van der Waals surface area (Å²) in [7, 11) is 1.68. The van der Waals surface area contributed by atoms with Gasteiger partial charge in [-0.1, -0.05) is 18.7 Å². The fourth-order valence-corrected chi connectivity index (χ4v) is 4.12. The number of thioether (sulfide) groups is 1. The van der Waals surface area contributed by atoms with Crippen LogP contribution in [-0.2, 0) is 0 Å². The first-order valence-corrected chi connectivity index (χ1v) is 7.99. The quantitative estimate of drug-likeness (QED) is 0.911. The van der Waals surface area contributed by atoms with Gasteiger partial charge in [-0.05, 0) is 37.3 Å². The van der Waals surface area contributed by atoms with Gasteiger partial charge >= 0.3 is 0 Å². The van der Waals surface area contributed by atoms with Gasteiger partial charge in [0, 0.05) is 17.4 Å². The van der Waals surface area contributed by atoms with Crippen LogP contribution < -0.4 is 10.5 Å². The van der Waals surface area contributed by atoms with Crippen molar-refractivity contribution in [3.8, 4) is 5.75 Å². The Morgan fingerprint density at radius 2 is 2.25 bits per heavy atom. The number of nitrogens with one attached hydrogen (secondary N) is 1.